The molecule has 1 atom stereocenters. The van der Waals surface area contributed by atoms with Crippen LogP contribution in [0.4, 0.5) is 4.39 Å². The van der Waals surface area contributed by atoms with Crippen molar-refractivity contribution in [2.24, 2.45) is 0 Å². The number of halogens is 1. The molecule has 1 N–H and O–H groups in total. The van der Waals surface area contributed by atoms with E-state index >= 15 is 0 Å². The predicted octanol–water partition coefficient (Wildman–Crippen LogP) is 3.84. The van der Waals surface area contributed by atoms with E-state index < -0.39 is 0 Å². The van der Waals surface area contributed by atoms with Gasteiger partial charge >= 0.3 is 0 Å². The SMILES string of the molecule is CCNC(c1ccc(F)c(C)c1)c1ccc(C)nc1C. The molecule has 0 aliphatic heterocycles. The minimum absolute atomic E-state index is 0.0485. The highest BCUT2D eigenvalue weighted by Crippen LogP contribution is 2.25. The van der Waals surface area contributed by atoms with Gasteiger partial charge in [0.25, 0.3) is 0 Å². The van der Waals surface area contributed by atoms with Gasteiger partial charge in [0.05, 0.1) is 6.04 Å². The first-order chi connectivity index (χ1) is 9.52. The number of rotatable bonds is 4. The van der Waals surface area contributed by atoms with Crippen molar-refractivity contribution in [3.05, 3.63) is 64.2 Å². The van der Waals surface area contributed by atoms with Crippen LogP contribution in [0.15, 0.2) is 30.3 Å². The van der Waals surface area contributed by atoms with Crippen LogP contribution in [0, 0.1) is 26.6 Å². The van der Waals surface area contributed by atoms with Crippen molar-refractivity contribution in [3.8, 4) is 0 Å². The zero-order valence-electron chi connectivity index (χ0n) is 12.5. The van der Waals surface area contributed by atoms with Crippen molar-refractivity contribution >= 4 is 0 Å². The summed E-state index contributed by atoms with van der Waals surface area (Å²) in [5.74, 6) is -0.164. The Kier molecular flexibility index (Phi) is 4.50. The van der Waals surface area contributed by atoms with Crippen LogP contribution in [-0.4, -0.2) is 11.5 Å². The highest BCUT2D eigenvalue weighted by atomic mass is 19.1. The Morgan fingerprint density at radius 3 is 2.50 bits per heavy atom. The summed E-state index contributed by atoms with van der Waals surface area (Å²) >= 11 is 0. The minimum Gasteiger partial charge on any atom is -0.306 e. The Morgan fingerprint density at radius 1 is 1.15 bits per heavy atom. The fourth-order valence-electron chi connectivity index (χ4n) is 2.46. The third-order valence-corrected chi connectivity index (χ3v) is 3.50. The van der Waals surface area contributed by atoms with Crippen molar-refractivity contribution in [1.29, 1.82) is 0 Å². The first-order valence-electron chi connectivity index (χ1n) is 6.96. The molecule has 0 amide bonds. The maximum absolute atomic E-state index is 13.4. The van der Waals surface area contributed by atoms with E-state index in [1.165, 1.54) is 6.07 Å². The van der Waals surface area contributed by atoms with Gasteiger partial charge in [-0.1, -0.05) is 25.1 Å². The highest BCUT2D eigenvalue weighted by Gasteiger charge is 2.16. The number of pyridine rings is 1. The molecule has 0 aliphatic rings. The summed E-state index contributed by atoms with van der Waals surface area (Å²) in [7, 11) is 0. The van der Waals surface area contributed by atoms with Crippen molar-refractivity contribution in [3.63, 3.8) is 0 Å². The fourth-order valence-corrected chi connectivity index (χ4v) is 2.46. The van der Waals surface area contributed by atoms with Gasteiger partial charge in [0.2, 0.25) is 0 Å². The molecule has 3 heteroatoms. The molecule has 0 aliphatic carbocycles. The summed E-state index contributed by atoms with van der Waals surface area (Å²) in [6, 6.07) is 9.45. The Balaban J connectivity index is 2.47. The second kappa shape index (κ2) is 6.14. The van der Waals surface area contributed by atoms with Gasteiger partial charge in [0.15, 0.2) is 0 Å². The first-order valence-corrected chi connectivity index (χ1v) is 6.96. The normalized spacial score (nSPS) is 12.4. The number of hydrogen-bond acceptors (Lipinski definition) is 2. The van der Waals surface area contributed by atoms with Crippen LogP contribution in [0.3, 0.4) is 0 Å². The van der Waals surface area contributed by atoms with E-state index in [0.29, 0.717) is 5.56 Å². The topological polar surface area (TPSA) is 24.9 Å². The molecule has 0 radical (unpaired) electrons. The van der Waals surface area contributed by atoms with E-state index in [-0.39, 0.29) is 11.9 Å². The van der Waals surface area contributed by atoms with Gasteiger partial charge in [0.1, 0.15) is 5.82 Å². The van der Waals surface area contributed by atoms with Gasteiger partial charge in [-0.05, 0) is 56.1 Å². The van der Waals surface area contributed by atoms with E-state index in [9.17, 15) is 4.39 Å². The lowest BCUT2D eigenvalue weighted by Gasteiger charge is -2.21. The lowest BCUT2D eigenvalue weighted by atomic mass is 9.96. The van der Waals surface area contributed by atoms with E-state index in [2.05, 4.69) is 23.3 Å². The predicted molar refractivity (Wildman–Crippen MR) is 80.4 cm³/mol. The zero-order valence-corrected chi connectivity index (χ0v) is 12.5. The van der Waals surface area contributed by atoms with E-state index in [0.717, 1.165) is 29.1 Å². The molecule has 2 aromatic rings. The summed E-state index contributed by atoms with van der Waals surface area (Å²) < 4.78 is 13.4. The van der Waals surface area contributed by atoms with Crippen LogP contribution in [0.25, 0.3) is 0 Å². The minimum atomic E-state index is -0.164. The number of nitrogens with zero attached hydrogens (tertiary/aromatic N) is 1. The second-order valence-corrected chi connectivity index (χ2v) is 5.13. The highest BCUT2D eigenvalue weighted by molar-refractivity contribution is 5.36. The Hall–Kier alpha value is -1.74. The van der Waals surface area contributed by atoms with E-state index in [1.807, 2.05) is 32.0 Å². The molecule has 1 aromatic heterocycles. The van der Waals surface area contributed by atoms with Crippen LogP contribution in [-0.2, 0) is 0 Å². The number of hydrogen-bond donors (Lipinski definition) is 1. The second-order valence-electron chi connectivity index (χ2n) is 5.13. The van der Waals surface area contributed by atoms with Gasteiger partial charge in [-0.3, -0.25) is 4.98 Å². The third kappa shape index (κ3) is 3.05. The average Bonchev–Trinajstić information content (AvgIpc) is 2.40. The quantitative estimate of drug-likeness (QED) is 0.914. The molecule has 2 nitrogen and oxygen atoms in total. The molecule has 0 bridgehead atoms. The summed E-state index contributed by atoms with van der Waals surface area (Å²) in [5.41, 5.74) is 4.90. The summed E-state index contributed by atoms with van der Waals surface area (Å²) in [6.07, 6.45) is 0. The molecule has 1 unspecified atom stereocenters. The maximum Gasteiger partial charge on any atom is 0.126 e. The Morgan fingerprint density at radius 2 is 1.90 bits per heavy atom. The fraction of sp³-hybridized carbons (Fsp3) is 0.353. The number of aromatic nitrogens is 1. The van der Waals surface area contributed by atoms with Crippen molar-refractivity contribution in [1.82, 2.24) is 10.3 Å². The largest absolute Gasteiger partial charge is 0.306 e. The monoisotopic (exact) mass is 272 g/mol. The lowest BCUT2D eigenvalue weighted by Crippen LogP contribution is -2.23. The standard InChI is InChI=1S/C17H21FN2/c1-5-19-17(14-7-9-16(18)11(2)10-14)15-8-6-12(3)20-13(15)4/h6-10,17,19H,5H2,1-4H3. The van der Waals surface area contributed by atoms with Crippen LogP contribution < -0.4 is 5.32 Å². The van der Waals surface area contributed by atoms with E-state index in [1.54, 1.807) is 6.92 Å². The molecule has 2 rings (SSSR count). The van der Waals surface area contributed by atoms with Crippen molar-refractivity contribution in [2.45, 2.75) is 33.7 Å². The molecule has 0 fully saturated rings. The smallest absolute Gasteiger partial charge is 0.126 e. The van der Waals surface area contributed by atoms with E-state index in [4.69, 9.17) is 0 Å². The Labute approximate surface area is 120 Å². The molecule has 20 heavy (non-hydrogen) atoms. The molecule has 1 heterocycles. The van der Waals surface area contributed by atoms with Gasteiger partial charge < -0.3 is 5.32 Å². The summed E-state index contributed by atoms with van der Waals surface area (Å²) in [5, 5.41) is 3.46. The molecule has 1 aromatic carbocycles. The number of nitrogens with one attached hydrogen (secondary N) is 1. The summed E-state index contributed by atoms with van der Waals surface area (Å²) in [4.78, 5) is 4.53. The molecular formula is C17H21FN2. The van der Waals surface area contributed by atoms with Crippen molar-refractivity contribution < 1.29 is 4.39 Å². The van der Waals surface area contributed by atoms with Crippen molar-refractivity contribution in [2.75, 3.05) is 6.54 Å². The Bertz CT molecular complexity index is 608. The average molecular weight is 272 g/mol. The maximum atomic E-state index is 13.4. The van der Waals surface area contributed by atoms with Gasteiger partial charge in [-0.2, -0.15) is 0 Å². The molecule has 0 saturated carbocycles. The van der Waals surface area contributed by atoms with Crippen LogP contribution in [0.2, 0.25) is 0 Å². The summed E-state index contributed by atoms with van der Waals surface area (Å²) in [6.45, 7) is 8.71. The molecule has 106 valence electrons. The molecule has 0 saturated heterocycles. The van der Waals surface area contributed by atoms with Crippen LogP contribution >= 0.6 is 0 Å². The van der Waals surface area contributed by atoms with Gasteiger partial charge in [-0.15, -0.1) is 0 Å². The molecular weight excluding hydrogens is 251 g/mol. The first kappa shape index (κ1) is 14.7. The number of benzene rings is 1. The van der Waals surface area contributed by atoms with Gasteiger partial charge in [0, 0.05) is 11.4 Å². The van der Waals surface area contributed by atoms with Crippen LogP contribution in [0.1, 0.15) is 41.0 Å². The molecule has 0 spiro atoms. The zero-order chi connectivity index (χ0) is 14.7. The lowest BCUT2D eigenvalue weighted by molar-refractivity contribution is 0.604. The third-order valence-electron chi connectivity index (χ3n) is 3.50. The van der Waals surface area contributed by atoms with Gasteiger partial charge in [-0.25, -0.2) is 4.39 Å². The number of aryl methyl sites for hydroxylation is 3. The van der Waals surface area contributed by atoms with Crippen LogP contribution in [0.5, 0.6) is 0 Å².